The van der Waals surface area contributed by atoms with Crippen molar-refractivity contribution < 1.29 is 9.53 Å². The van der Waals surface area contributed by atoms with Crippen molar-refractivity contribution in [3.8, 4) is 5.75 Å². The summed E-state index contributed by atoms with van der Waals surface area (Å²) >= 11 is 26.5. The van der Waals surface area contributed by atoms with E-state index in [1.807, 2.05) is 24.3 Å². The van der Waals surface area contributed by atoms with Crippen LogP contribution in [0.2, 0.25) is 0 Å². The van der Waals surface area contributed by atoms with E-state index < -0.39 is 15.9 Å². The van der Waals surface area contributed by atoms with Crippen LogP contribution in [0.3, 0.4) is 0 Å². The molecule has 0 aromatic heterocycles. The van der Waals surface area contributed by atoms with Crippen LogP contribution in [0.4, 0.5) is 5.69 Å². The van der Waals surface area contributed by atoms with Crippen LogP contribution in [-0.4, -0.2) is 28.1 Å². The number of hydrogen-bond donors (Lipinski definition) is 3. The predicted molar refractivity (Wildman–Crippen MR) is 118 cm³/mol. The zero-order valence-electron chi connectivity index (χ0n) is 13.9. The molecule has 0 aliphatic rings. The predicted octanol–water partition coefficient (Wildman–Crippen LogP) is 4.87. The molecule has 0 radical (unpaired) electrons. The van der Waals surface area contributed by atoms with Crippen LogP contribution in [0.15, 0.2) is 53.0 Å². The van der Waals surface area contributed by atoms with Crippen molar-refractivity contribution in [3.05, 3.63) is 58.6 Å². The zero-order chi connectivity index (χ0) is 20.0. The highest BCUT2D eigenvalue weighted by molar-refractivity contribution is 9.10. The van der Waals surface area contributed by atoms with Gasteiger partial charge in [0.2, 0.25) is 3.79 Å². The van der Waals surface area contributed by atoms with Gasteiger partial charge in [-0.3, -0.25) is 4.79 Å². The molecular formula is C17H15BrCl3N3O2S. The van der Waals surface area contributed by atoms with Crippen molar-refractivity contribution in [2.24, 2.45) is 0 Å². The molecule has 2 rings (SSSR count). The number of halogens is 4. The number of anilines is 1. The lowest BCUT2D eigenvalue weighted by Gasteiger charge is -2.27. The fraction of sp³-hybridized carbons (Fsp3) is 0.176. The molecule has 3 N–H and O–H groups in total. The summed E-state index contributed by atoms with van der Waals surface area (Å²) in [6.07, 6.45) is -1.06. The van der Waals surface area contributed by atoms with E-state index >= 15 is 0 Å². The SMILES string of the molecule is COc1ccc(C(=O)N[C@@H](NC(=S)Nc2ccc(Br)cc2)C(Cl)(Cl)Cl)cc1. The lowest BCUT2D eigenvalue weighted by molar-refractivity contribution is 0.0934. The number of carbonyl (C=O) groups excluding carboxylic acids is 1. The molecule has 1 amide bonds. The van der Waals surface area contributed by atoms with Gasteiger partial charge in [-0.05, 0) is 60.7 Å². The summed E-state index contributed by atoms with van der Waals surface area (Å²) in [5.41, 5.74) is 1.11. The van der Waals surface area contributed by atoms with Gasteiger partial charge in [0.15, 0.2) is 5.11 Å². The summed E-state index contributed by atoms with van der Waals surface area (Å²) in [5, 5.41) is 8.55. The van der Waals surface area contributed by atoms with Gasteiger partial charge >= 0.3 is 0 Å². The maximum Gasteiger partial charge on any atom is 0.252 e. The number of thiocarbonyl (C=S) groups is 1. The number of carbonyl (C=O) groups is 1. The van der Waals surface area contributed by atoms with Crippen molar-refractivity contribution in [1.29, 1.82) is 0 Å². The van der Waals surface area contributed by atoms with Crippen LogP contribution in [0.25, 0.3) is 0 Å². The lowest BCUT2D eigenvalue weighted by atomic mass is 10.2. The molecule has 10 heteroatoms. The molecule has 144 valence electrons. The van der Waals surface area contributed by atoms with Crippen molar-refractivity contribution in [1.82, 2.24) is 10.6 Å². The molecule has 0 heterocycles. The van der Waals surface area contributed by atoms with Crippen molar-refractivity contribution in [3.63, 3.8) is 0 Å². The number of alkyl halides is 3. The van der Waals surface area contributed by atoms with Crippen LogP contribution in [0, 0.1) is 0 Å². The molecular weight excluding hydrogens is 497 g/mol. The Hall–Kier alpha value is -1.25. The first-order valence-electron chi connectivity index (χ1n) is 7.54. The van der Waals surface area contributed by atoms with E-state index in [1.165, 1.54) is 7.11 Å². The fourth-order valence-corrected chi connectivity index (χ4v) is 2.82. The largest absolute Gasteiger partial charge is 0.497 e. The Morgan fingerprint density at radius 1 is 1.07 bits per heavy atom. The highest BCUT2D eigenvalue weighted by Crippen LogP contribution is 2.29. The number of ether oxygens (including phenoxy) is 1. The van der Waals surface area contributed by atoms with Crippen LogP contribution in [-0.2, 0) is 0 Å². The Kier molecular flexibility index (Phi) is 8.00. The highest BCUT2D eigenvalue weighted by atomic mass is 79.9. The minimum absolute atomic E-state index is 0.184. The molecule has 0 bridgehead atoms. The third-order valence-corrected chi connectivity index (χ3v) is 4.74. The molecule has 0 saturated carbocycles. The molecule has 2 aromatic carbocycles. The van der Waals surface area contributed by atoms with E-state index in [0.29, 0.717) is 11.3 Å². The summed E-state index contributed by atoms with van der Waals surface area (Å²) < 4.78 is 4.15. The Morgan fingerprint density at radius 3 is 2.19 bits per heavy atom. The summed E-state index contributed by atoms with van der Waals surface area (Å²) in [5.74, 6) is 0.190. The van der Waals surface area contributed by atoms with Crippen LogP contribution < -0.4 is 20.7 Å². The van der Waals surface area contributed by atoms with Crippen LogP contribution in [0.5, 0.6) is 5.75 Å². The van der Waals surface area contributed by atoms with Gasteiger partial charge in [-0.2, -0.15) is 0 Å². The summed E-state index contributed by atoms with van der Waals surface area (Å²) in [6.45, 7) is 0. The fourth-order valence-electron chi connectivity index (χ4n) is 1.99. The summed E-state index contributed by atoms with van der Waals surface area (Å²) in [4.78, 5) is 12.4. The number of benzene rings is 2. The maximum atomic E-state index is 12.4. The molecule has 1 atom stereocenters. The standard InChI is InChI=1S/C17H15BrCl3N3O2S/c1-26-13-8-2-10(3-9-13)14(25)23-15(17(19,20)21)24-16(27)22-12-6-4-11(18)5-7-12/h2-9,15H,1H3,(H,23,25)(H2,22,24,27)/t15-/m0/s1. The molecule has 2 aromatic rings. The Balaban J connectivity index is 2.04. The molecule has 0 fully saturated rings. The average Bonchev–Trinajstić information content (AvgIpc) is 2.62. The molecule has 0 spiro atoms. The van der Waals surface area contributed by atoms with E-state index in [1.54, 1.807) is 24.3 Å². The third-order valence-electron chi connectivity index (χ3n) is 3.33. The first-order valence-corrected chi connectivity index (χ1v) is 9.87. The van der Waals surface area contributed by atoms with Crippen molar-refractivity contribution in [2.75, 3.05) is 12.4 Å². The smallest absolute Gasteiger partial charge is 0.252 e. The molecule has 27 heavy (non-hydrogen) atoms. The number of amides is 1. The third kappa shape index (κ3) is 7.01. The summed E-state index contributed by atoms with van der Waals surface area (Å²) in [6, 6.07) is 13.9. The number of nitrogens with one attached hydrogen (secondary N) is 3. The van der Waals surface area contributed by atoms with Gasteiger partial charge in [-0.25, -0.2) is 0 Å². The normalized spacial score (nSPS) is 12.0. The second-order valence-corrected chi connectivity index (χ2v) is 8.97. The van der Waals surface area contributed by atoms with Gasteiger partial charge in [0.25, 0.3) is 5.91 Å². The Morgan fingerprint density at radius 2 is 1.67 bits per heavy atom. The second kappa shape index (κ2) is 9.80. The first kappa shape index (κ1) is 22.0. The number of hydrogen-bond acceptors (Lipinski definition) is 3. The quantitative estimate of drug-likeness (QED) is 0.304. The minimum Gasteiger partial charge on any atom is -0.497 e. The number of methoxy groups -OCH3 is 1. The molecule has 0 aliphatic heterocycles. The van der Waals surface area contributed by atoms with Gasteiger partial charge in [-0.15, -0.1) is 0 Å². The average molecular weight is 512 g/mol. The van der Waals surface area contributed by atoms with Crippen LogP contribution in [0.1, 0.15) is 10.4 Å². The van der Waals surface area contributed by atoms with Crippen molar-refractivity contribution >= 4 is 79.7 Å². The van der Waals surface area contributed by atoms with Gasteiger partial charge in [0, 0.05) is 15.7 Å². The topological polar surface area (TPSA) is 62.4 Å². The van der Waals surface area contributed by atoms with Crippen LogP contribution >= 0.6 is 63.0 Å². The zero-order valence-corrected chi connectivity index (χ0v) is 18.6. The molecule has 0 saturated heterocycles. The molecule has 5 nitrogen and oxygen atoms in total. The van der Waals surface area contributed by atoms with Gasteiger partial charge < -0.3 is 20.7 Å². The summed E-state index contributed by atoms with van der Waals surface area (Å²) in [7, 11) is 1.54. The van der Waals surface area contributed by atoms with Gasteiger partial charge in [0.05, 0.1) is 7.11 Å². The first-order chi connectivity index (χ1) is 12.7. The van der Waals surface area contributed by atoms with Gasteiger partial charge in [0.1, 0.15) is 11.9 Å². The van der Waals surface area contributed by atoms with E-state index in [-0.39, 0.29) is 5.11 Å². The maximum absolute atomic E-state index is 12.4. The highest BCUT2D eigenvalue weighted by Gasteiger charge is 2.34. The number of rotatable bonds is 5. The Bertz CT molecular complexity index is 799. The monoisotopic (exact) mass is 509 g/mol. The molecule has 0 unspecified atom stereocenters. The lowest BCUT2D eigenvalue weighted by Crippen LogP contribution is -2.56. The van der Waals surface area contributed by atoms with Gasteiger partial charge in [-0.1, -0.05) is 50.7 Å². The van der Waals surface area contributed by atoms with E-state index in [2.05, 4.69) is 31.9 Å². The van der Waals surface area contributed by atoms with E-state index in [9.17, 15) is 4.79 Å². The Labute approximate surface area is 185 Å². The van der Waals surface area contributed by atoms with Crippen molar-refractivity contribution in [2.45, 2.75) is 9.96 Å². The van der Waals surface area contributed by atoms with E-state index in [0.717, 1.165) is 10.2 Å². The minimum atomic E-state index is -1.84. The second-order valence-electron chi connectivity index (χ2n) is 5.28. The van der Waals surface area contributed by atoms with E-state index in [4.69, 9.17) is 51.8 Å². The molecule has 0 aliphatic carbocycles.